The van der Waals surface area contributed by atoms with Crippen LogP contribution < -0.4 is 10.1 Å². The maximum absolute atomic E-state index is 9.21. The van der Waals surface area contributed by atoms with Crippen LogP contribution in [-0.2, 0) is 0 Å². The van der Waals surface area contributed by atoms with Crippen molar-refractivity contribution in [2.75, 3.05) is 19.8 Å². The Morgan fingerprint density at radius 3 is 3.07 bits per heavy atom. The summed E-state index contributed by atoms with van der Waals surface area (Å²) in [6.07, 6.45) is -0.710. The molecule has 82 valence electrons. The molecule has 0 aliphatic carbocycles. The molecule has 2 rings (SSSR count). The zero-order valence-electron chi connectivity index (χ0n) is 8.39. The van der Waals surface area contributed by atoms with Gasteiger partial charge in [-0.15, -0.1) is 0 Å². The van der Waals surface area contributed by atoms with E-state index in [-0.39, 0.29) is 12.6 Å². The SMILES string of the molecule is OC[C@@H](O)CNC1COc2ccccc21. The minimum atomic E-state index is -0.710. The normalized spacial score (nSPS) is 20.8. The van der Waals surface area contributed by atoms with Gasteiger partial charge in [0.05, 0.1) is 18.8 Å². The van der Waals surface area contributed by atoms with Crippen LogP contribution in [0.3, 0.4) is 0 Å². The standard InChI is InChI=1S/C11H15NO3/c13-6-8(14)5-12-10-7-15-11-4-2-1-3-9(10)11/h1-4,8,10,12-14H,5-7H2/t8-,10?/m0/s1. The second-order valence-corrected chi connectivity index (χ2v) is 3.65. The van der Waals surface area contributed by atoms with Gasteiger partial charge in [0.1, 0.15) is 12.4 Å². The van der Waals surface area contributed by atoms with Crippen molar-refractivity contribution in [3.63, 3.8) is 0 Å². The van der Waals surface area contributed by atoms with Crippen LogP contribution in [-0.4, -0.2) is 36.1 Å². The van der Waals surface area contributed by atoms with Crippen molar-refractivity contribution in [3.8, 4) is 5.75 Å². The molecule has 1 heterocycles. The van der Waals surface area contributed by atoms with E-state index in [2.05, 4.69) is 5.32 Å². The van der Waals surface area contributed by atoms with Gasteiger partial charge >= 0.3 is 0 Å². The number of fused-ring (bicyclic) bond motifs is 1. The van der Waals surface area contributed by atoms with Crippen molar-refractivity contribution in [1.29, 1.82) is 0 Å². The summed E-state index contributed by atoms with van der Waals surface area (Å²) in [5, 5.41) is 21.0. The van der Waals surface area contributed by atoms with Crippen LogP contribution in [0, 0.1) is 0 Å². The first-order valence-electron chi connectivity index (χ1n) is 5.05. The summed E-state index contributed by atoms with van der Waals surface area (Å²) >= 11 is 0. The minimum Gasteiger partial charge on any atom is -0.491 e. The lowest BCUT2D eigenvalue weighted by Crippen LogP contribution is -2.32. The molecule has 0 spiro atoms. The third kappa shape index (κ3) is 2.28. The number of rotatable bonds is 4. The maximum Gasteiger partial charge on any atom is 0.124 e. The molecule has 0 radical (unpaired) electrons. The summed E-state index contributed by atoms with van der Waals surface area (Å²) in [5.74, 6) is 0.897. The number of hydrogen-bond acceptors (Lipinski definition) is 4. The van der Waals surface area contributed by atoms with E-state index in [1.165, 1.54) is 0 Å². The van der Waals surface area contributed by atoms with Crippen LogP contribution in [0.4, 0.5) is 0 Å². The Balaban J connectivity index is 1.96. The van der Waals surface area contributed by atoms with Crippen LogP contribution in [0.1, 0.15) is 11.6 Å². The first kappa shape index (κ1) is 10.4. The molecule has 0 aromatic heterocycles. The highest BCUT2D eigenvalue weighted by atomic mass is 16.5. The Hall–Kier alpha value is -1.10. The minimum absolute atomic E-state index is 0.113. The van der Waals surface area contributed by atoms with Crippen molar-refractivity contribution in [2.45, 2.75) is 12.1 Å². The predicted molar refractivity (Wildman–Crippen MR) is 55.8 cm³/mol. The molecular formula is C11H15NO3. The molecule has 4 heteroatoms. The molecule has 1 aromatic carbocycles. The van der Waals surface area contributed by atoms with Crippen LogP contribution in [0.5, 0.6) is 5.75 Å². The van der Waals surface area contributed by atoms with Crippen molar-refractivity contribution < 1.29 is 14.9 Å². The third-order valence-electron chi connectivity index (χ3n) is 2.51. The monoisotopic (exact) mass is 209 g/mol. The number of aliphatic hydroxyl groups is 2. The first-order chi connectivity index (χ1) is 7.31. The Labute approximate surface area is 88.5 Å². The van der Waals surface area contributed by atoms with Gasteiger partial charge < -0.3 is 20.3 Å². The smallest absolute Gasteiger partial charge is 0.124 e. The summed E-state index contributed by atoms with van der Waals surface area (Å²) < 4.78 is 5.47. The lowest BCUT2D eigenvalue weighted by Gasteiger charge is -2.13. The molecule has 0 amide bonds. The molecule has 0 saturated carbocycles. The van der Waals surface area contributed by atoms with Crippen LogP contribution in [0.25, 0.3) is 0 Å². The van der Waals surface area contributed by atoms with E-state index >= 15 is 0 Å². The predicted octanol–water partition coefficient (Wildman–Crippen LogP) is 0.0629. The quantitative estimate of drug-likeness (QED) is 0.656. The highest BCUT2D eigenvalue weighted by molar-refractivity contribution is 5.39. The van der Waals surface area contributed by atoms with E-state index in [9.17, 15) is 5.11 Å². The average molecular weight is 209 g/mol. The van der Waals surface area contributed by atoms with Gasteiger partial charge in [0, 0.05) is 12.1 Å². The summed E-state index contributed by atoms with van der Waals surface area (Å²) in [4.78, 5) is 0. The molecule has 0 saturated heterocycles. The van der Waals surface area contributed by atoms with Gasteiger partial charge in [0.2, 0.25) is 0 Å². The van der Waals surface area contributed by atoms with Gasteiger partial charge in [-0.05, 0) is 6.07 Å². The fourth-order valence-corrected chi connectivity index (χ4v) is 1.67. The average Bonchev–Trinajstić information content (AvgIpc) is 2.69. The lowest BCUT2D eigenvalue weighted by atomic mass is 10.1. The molecule has 0 fully saturated rings. The van der Waals surface area contributed by atoms with Crippen LogP contribution in [0.15, 0.2) is 24.3 Å². The van der Waals surface area contributed by atoms with E-state index in [4.69, 9.17) is 9.84 Å². The van der Waals surface area contributed by atoms with Gasteiger partial charge in [0.15, 0.2) is 0 Å². The Kier molecular flexibility index (Phi) is 3.20. The van der Waals surface area contributed by atoms with Crippen molar-refractivity contribution in [1.82, 2.24) is 5.32 Å². The molecule has 15 heavy (non-hydrogen) atoms. The topological polar surface area (TPSA) is 61.7 Å². The zero-order valence-corrected chi connectivity index (χ0v) is 8.39. The molecule has 0 bridgehead atoms. The molecule has 1 aromatic rings. The number of nitrogens with one attached hydrogen (secondary N) is 1. The number of para-hydroxylation sites is 1. The molecule has 3 N–H and O–H groups in total. The highest BCUT2D eigenvalue weighted by Crippen LogP contribution is 2.31. The highest BCUT2D eigenvalue weighted by Gasteiger charge is 2.23. The van der Waals surface area contributed by atoms with Gasteiger partial charge in [-0.25, -0.2) is 0 Å². The third-order valence-corrected chi connectivity index (χ3v) is 2.51. The second-order valence-electron chi connectivity index (χ2n) is 3.65. The molecule has 1 unspecified atom stereocenters. The summed E-state index contributed by atoms with van der Waals surface area (Å²) in [6.45, 7) is 0.735. The second kappa shape index (κ2) is 4.61. The van der Waals surface area contributed by atoms with E-state index < -0.39 is 6.10 Å². The van der Waals surface area contributed by atoms with Crippen LogP contribution >= 0.6 is 0 Å². The van der Waals surface area contributed by atoms with Crippen molar-refractivity contribution >= 4 is 0 Å². The summed E-state index contributed by atoms with van der Waals surface area (Å²) in [6, 6.07) is 7.95. The van der Waals surface area contributed by atoms with Gasteiger partial charge in [-0.2, -0.15) is 0 Å². The Morgan fingerprint density at radius 1 is 1.47 bits per heavy atom. The zero-order chi connectivity index (χ0) is 10.7. The first-order valence-corrected chi connectivity index (χ1v) is 5.05. The summed E-state index contributed by atoms with van der Waals surface area (Å²) in [5.41, 5.74) is 1.11. The molecular weight excluding hydrogens is 194 g/mol. The van der Waals surface area contributed by atoms with E-state index in [0.717, 1.165) is 11.3 Å². The van der Waals surface area contributed by atoms with Crippen molar-refractivity contribution in [2.24, 2.45) is 0 Å². The molecule has 1 aliphatic rings. The van der Waals surface area contributed by atoms with Gasteiger partial charge in [-0.3, -0.25) is 0 Å². The van der Waals surface area contributed by atoms with Gasteiger partial charge in [-0.1, -0.05) is 18.2 Å². The van der Waals surface area contributed by atoms with Crippen molar-refractivity contribution in [3.05, 3.63) is 29.8 Å². The maximum atomic E-state index is 9.21. The fourth-order valence-electron chi connectivity index (χ4n) is 1.67. The molecule has 1 aliphatic heterocycles. The number of hydrogen-bond donors (Lipinski definition) is 3. The molecule has 2 atom stereocenters. The number of benzene rings is 1. The number of aliphatic hydroxyl groups excluding tert-OH is 2. The van der Waals surface area contributed by atoms with E-state index in [1.54, 1.807) is 0 Å². The van der Waals surface area contributed by atoms with E-state index in [0.29, 0.717) is 13.2 Å². The lowest BCUT2D eigenvalue weighted by molar-refractivity contribution is 0.0909. The number of ether oxygens (including phenoxy) is 1. The molecule has 4 nitrogen and oxygen atoms in total. The Morgan fingerprint density at radius 2 is 2.27 bits per heavy atom. The van der Waals surface area contributed by atoms with E-state index in [1.807, 2.05) is 24.3 Å². The van der Waals surface area contributed by atoms with Crippen LogP contribution in [0.2, 0.25) is 0 Å². The van der Waals surface area contributed by atoms with Gasteiger partial charge in [0.25, 0.3) is 0 Å². The fraction of sp³-hybridized carbons (Fsp3) is 0.455. The Bertz CT molecular complexity index is 329. The summed E-state index contributed by atoms with van der Waals surface area (Å²) in [7, 11) is 0. The largest absolute Gasteiger partial charge is 0.491 e.